The zero-order chi connectivity index (χ0) is 7.15. The van der Waals surface area contributed by atoms with E-state index in [0.717, 1.165) is 6.92 Å². The van der Waals surface area contributed by atoms with Crippen LogP contribution in [0.5, 0.6) is 0 Å². The van der Waals surface area contributed by atoms with E-state index in [1.54, 1.807) is 0 Å². The van der Waals surface area contributed by atoms with Crippen molar-refractivity contribution in [3.05, 3.63) is 0 Å². The van der Waals surface area contributed by atoms with E-state index in [1.165, 1.54) is 0 Å². The van der Waals surface area contributed by atoms with Gasteiger partial charge in [-0.2, -0.15) is 0 Å². The molecule has 0 aliphatic rings. The van der Waals surface area contributed by atoms with Gasteiger partial charge in [-0.3, -0.25) is 0 Å². The average molecular weight is 314 g/mol. The number of hydrogen-bond donors (Lipinski definition) is 0. The summed E-state index contributed by atoms with van der Waals surface area (Å²) in [7, 11) is 0. The van der Waals surface area contributed by atoms with E-state index in [1.807, 2.05) is 0 Å². The molecule has 0 aliphatic carbocycles. The maximum atomic E-state index is 8.89. The van der Waals surface area contributed by atoms with Crippen LogP contribution in [0.1, 0.15) is 6.92 Å². The van der Waals surface area contributed by atoms with Crippen molar-refractivity contribution in [3.8, 4) is 0 Å². The maximum absolute atomic E-state index is 8.89. The molecule has 5 nitrogen and oxygen atoms in total. The molecule has 0 saturated heterocycles. The van der Waals surface area contributed by atoms with Gasteiger partial charge in [-0.15, -0.1) is 0 Å². The predicted molar refractivity (Wildman–Crippen MR) is 16.1 cm³/mol. The molecule has 0 aromatic rings. The topological polar surface area (TPSA) is 103 Å². The van der Waals surface area contributed by atoms with Gasteiger partial charge in [-0.05, 0) is 13.1 Å². The summed E-state index contributed by atoms with van der Waals surface area (Å²) in [5.74, 6) is -1.08. The van der Waals surface area contributed by atoms with Crippen molar-refractivity contribution in [2.45, 2.75) is 6.92 Å². The fourth-order valence-electron chi connectivity index (χ4n) is 0. The van der Waals surface area contributed by atoms with Crippen LogP contribution in [0.2, 0.25) is 0 Å². The molecule has 0 fully saturated rings. The first-order valence-electron chi connectivity index (χ1n) is 1.52. The number of hydrogen-bond acceptors (Lipinski definition) is 5. The van der Waals surface area contributed by atoms with E-state index < -0.39 is 12.1 Å². The Balaban J connectivity index is -0.0000000171. The monoisotopic (exact) mass is 314 g/mol. The number of aliphatic carboxylic acids is 1. The first-order valence-corrected chi connectivity index (χ1v) is 1.52. The van der Waals surface area contributed by atoms with Crippen molar-refractivity contribution in [2.75, 3.05) is 0 Å². The van der Waals surface area contributed by atoms with Crippen molar-refractivity contribution in [1.82, 2.24) is 0 Å². The maximum Gasteiger partial charge on any atom is 1.00 e. The quantitative estimate of drug-likeness (QED) is 0.413. The van der Waals surface area contributed by atoms with Crippen LogP contribution >= 0.6 is 0 Å². The Morgan fingerprint density at radius 1 is 1.09 bits per heavy atom. The van der Waals surface area contributed by atoms with Gasteiger partial charge in [0.1, 0.15) is 0 Å². The van der Waals surface area contributed by atoms with E-state index in [-0.39, 0.29) is 150 Å². The second-order valence-electron chi connectivity index (χ2n) is 0.742. The zero-order valence-corrected chi connectivity index (χ0v) is 18.4. The summed E-state index contributed by atoms with van der Waals surface area (Å²) in [6, 6.07) is 0. The van der Waals surface area contributed by atoms with Crippen LogP contribution in [0.4, 0.5) is 4.79 Å². The third-order valence-electron chi connectivity index (χ3n) is 0. The third-order valence-corrected chi connectivity index (χ3v) is 0. The summed E-state index contributed by atoms with van der Waals surface area (Å²) >= 11 is 0. The zero-order valence-electron chi connectivity index (χ0n) is 7.04. The summed E-state index contributed by atoms with van der Waals surface area (Å²) in [5.41, 5.74) is 0. The van der Waals surface area contributed by atoms with E-state index >= 15 is 0 Å². The van der Waals surface area contributed by atoms with Gasteiger partial charge in [0.2, 0.25) is 0 Å². The van der Waals surface area contributed by atoms with Gasteiger partial charge in [0, 0.05) is 5.97 Å². The SMILES string of the molecule is CC(=O)[O-].O=C([O-])[O-].[Cs+].[K+].[Na+]. The molecule has 0 aliphatic heterocycles. The van der Waals surface area contributed by atoms with Crippen LogP contribution in [-0.2, 0) is 4.79 Å². The molecule has 0 radical (unpaired) electrons. The molecule has 0 bridgehead atoms. The molecular weight excluding hydrogens is 311 g/mol. The Morgan fingerprint density at radius 3 is 1.09 bits per heavy atom. The molecule has 0 aromatic heterocycles. The van der Waals surface area contributed by atoms with E-state index in [9.17, 15) is 0 Å². The van der Waals surface area contributed by atoms with Crippen LogP contribution in [0.25, 0.3) is 0 Å². The van der Waals surface area contributed by atoms with Crippen molar-refractivity contribution < 1.29 is 175 Å². The van der Waals surface area contributed by atoms with Crippen LogP contribution in [0.15, 0.2) is 0 Å². The minimum atomic E-state index is -2.33. The summed E-state index contributed by atoms with van der Waals surface area (Å²) in [6.07, 6.45) is -2.33. The third kappa shape index (κ3) is 149. The van der Waals surface area contributed by atoms with E-state index in [4.69, 9.17) is 24.9 Å². The molecule has 0 heterocycles. The first-order chi connectivity index (χ1) is 3.46. The van der Waals surface area contributed by atoms with Gasteiger partial charge >= 0.3 is 150 Å². The molecule has 0 unspecified atom stereocenters. The van der Waals surface area contributed by atoms with Crippen LogP contribution in [0, 0.1) is 0 Å². The number of carbonyl (C=O) groups excluding carboxylic acids is 2. The fourth-order valence-corrected chi connectivity index (χ4v) is 0. The molecular formula is C3H3CsKNaO5. The Kier molecular flexibility index (Phi) is 62.1. The Morgan fingerprint density at radius 2 is 1.09 bits per heavy atom. The average Bonchev–Trinajstić information content (AvgIpc) is 1.25. The Labute approximate surface area is 188 Å². The minimum Gasteiger partial charge on any atom is -0.652 e. The number of rotatable bonds is 0. The molecule has 0 amide bonds. The normalized spacial score (nSPS) is 4.45. The summed E-state index contributed by atoms with van der Waals surface area (Å²) in [6.45, 7) is 0.972. The Bertz CT molecular complexity index is 79.7. The second kappa shape index (κ2) is 23.3. The molecule has 0 spiro atoms. The Hall–Kier alpha value is 3.43. The van der Waals surface area contributed by atoms with Gasteiger partial charge in [0.25, 0.3) is 0 Å². The van der Waals surface area contributed by atoms with E-state index in [2.05, 4.69) is 0 Å². The minimum absolute atomic E-state index is 0. The van der Waals surface area contributed by atoms with Crippen molar-refractivity contribution >= 4 is 12.1 Å². The predicted octanol–water partition coefficient (Wildman–Crippen LogP) is -12.7. The number of carboxylic acid groups (broad SMARTS) is 3. The molecule has 0 N–H and O–H groups in total. The summed E-state index contributed by atoms with van der Waals surface area (Å²) in [5, 5.41) is 25.6. The molecule has 0 saturated carbocycles. The number of carboxylic acids is 1. The van der Waals surface area contributed by atoms with Crippen molar-refractivity contribution in [1.29, 1.82) is 0 Å². The number of carbonyl (C=O) groups is 2. The van der Waals surface area contributed by atoms with Gasteiger partial charge < -0.3 is 24.9 Å². The standard InChI is InChI=1S/C2H4O2.CH2O3.Cs.K.Na/c1-2(3)4;2-1(3)4;;;/h1H3,(H,3,4);(H2,2,3,4);;;/q;;3*+1/p-3. The van der Waals surface area contributed by atoms with Crippen molar-refractivity contribution in [3.63, 3.8) is 0 Å². The van der Waals surface area contributed by atoms with Crippen molar-refractivity contribution in [2.24, 2.45) is 0 Å². The molecule has 48 valence electrons. The van der Waals surface area contributed by atoms with Crippen LogP contribution in [0.3, 0.4) is 0 Å². The molecule has 0 rings (SSSR count). The largest absolute Gasteiger partial charge is 1.00 e. The molecule has 8 heteroatoms. The molecule has 0 aromatic carbocycles. The first kappa shape index (κ1) is 29.3. The second-order valence-corrected chi connectivity index (χ2v) is 0.742. The smallest absolute Gasteiger partial charge is 0.652 e. The van der Waals surface area contributed by atoms with E-state index in [0.29, 0.717) is 0 Å². The summed E-state index contributed by atoms with van der Waals surface area (Å²) in [4.78, 5) is 17.2. The van der Waals surface area contributed by atoms with Gasteiger partial charge in [-0.1, -0.05) is 0 Å². The molecule has 11 heavy (non-hydrogen) atoms. The van der Waals surface area contributed by atoms with Gasteiger partial charge in [0.15, 0.2) is 0 Å². The molecule has 0 atom stereocenters. The van der Waals surface area contributed by atoms with Gasteiger partial charge in [0.05, 0.1) is 0 Å². The van der Waals surface area contributed by atoms with Gasteiger partial charge in [-0.25, -0.2) is 0 Å². The van der Waals surface area contributed by atoms with Crippen LogP contribution in [-0.4, -0.2) is 12.1 Å². The fraction of sp³-hybridized carbons (Fsp3) is 0.333. The van der Waals surface area contributed by atoms with Crippen LogP contribution < -0.4 is 165 Å². The summed E-state index contributed by atoms with van der Waals surface area (Å²) < 4.78 is 0.